The van der Waals surface area contributed by atoms with Crippen molar-refractivity contribution in [2.75, 3.05) is 12.1 Å². The largest absolute Gasteiger partial charge is 0.454 e. The van der Waals surface area contributed by atoms with Gasteiger partial charge in [-0.15, -0.1) is 0 Å². The third-order valence-corrected chi connectivity index (χ3v) is 6.51. The Labute approximate surface area is 209 Å². The van der Waals surface area contributed by atoms with E-state index < -0.39 is 0 Å². The fourth-order valence-electron chi connectivity index (χ4n) is 4.34. The van der Waals surface area contributed by atoms with E-state index >= 15 is 0 Å². The number of aromatic amines is 1. The summed E-state index contributed by atoms with van der Waals surface area (Å²) >= 11 is 5.82. The lowest BCUT2D eigenvalue weighted by molar-refractivity contribution is 0.174. The molecular weight excluding hydrogens is 458 g/mol. The molecule has 0 spiro atoms. The summed E-state index contributed by atoms with van der Waals surface area (Å²) in [5, 5.41) is 4.89. The first-order valence-electron chi connectivity index (χ1n) is 11.5. The van der Waals surface area contributed by atoms with Gasteiger partial charge in [-0.3, -0.25) is 4.79 Å². The number of hydrogen-bond acceptors (Lipinski definition) is 4. The maximum atomic E-state index is 13.0. The lowest BCUT2D eigenvalue weighted by Gasteiger charge is -2.26. The number of anilines is 1. The van der Waals surface area contributed by atoms with Crippen LogP contribution in [0.2, 0.25) is 0 Å². The van der Waals surface area contributed by atoms with E-state index in [1.807, 2.05) is 73.3 Å². The number of benzene rings is 3. The second kappa shape index (κ2) is 9.43. The highest BCUT2D eigenvalue weighted by Crippen LogP contribution is 2.33. The van der Waals surface area contributed by atoms with E-state index in [0.29, 0.717) is 23.8 Å². The molecule has 35 heavy (non-hydrogen) atoms. The molecule has 0 fully saturated rings. The number of ether oxygens (including phenoxy) is 2. The first-order chi connectivity index (χ1) is 16.9. The van der Waals surface area contributed by atoms with E-state index in [2.05, 4.69) is 23.3 Å². The highest BCUT2D eigenvalue weighted by molar-refractivity contribution is 7.80. The molecule has 0 saturated heterocycles. The van der Waals surface area contributed by atoms with Crippen LogP contribution in [-0.2, 0) is 13.1 Å². The van der Waals surface area contributed by atoms with Gasteiger partial charge in [0.25, 0.3) is 5.56 Å². The van der Waals surface area contributed by atoms with E-state index in [9.17, 15) is 4.79 Å². The zero-order valence-electron chi connectivity index (χ0n) is 20.0. The van der Waals surface area contributed by atoms with Gasteiger partial charge < -0.3 is 24.7 Å². The van der Waals surface area contributed by atoms with Gasteiger partial charge in [0.1, 0.15) is 0 Å². The molecule has 0 saturated carbocycles. The predicted molar refractivity (Wildman–Crippen MR) is 143 cm³/mol. The van der Waals surface area contributed by atoms with E-state index in [4.69, 9.17) is 21.7 Å². The summed E-state index contributed by atoms with van der Waals surface area (Å²) in [6, 6.07) is 20.0. The molecule has 1 aliphatic heterocycles. The third-order valence-electron chi connectivity index (χ3n) is 6.15. The Morgan fingerprint density at radius 2 is 1.71 bits per heavy atom. The zero-order valence-corrected chi connectivity index (χ0v) is 20.8. The second-order valence-electron chi connectivity index (χ2n) is 9.01. The molecule has 1 aliphatic rings. The highest BCUT2D eigenvalue weighted by atomic mass is 32.1. The highest BCUT2D eigenvalue weighted by Gasteiger charge is 2.18. The fourth-order valence-corrected chi connectivity index (χ4v) is 4.58. The van der Waals surface area contributed by atoms with E-state index in [1.165, 1.54) is 5.56 Å². The molecule has 1 aromatic heterocycles. The van der Waals surface area contributed by atoms with Gasteiger partial charge in [0.05, 0.1) is 6.54 Å². The Balaban J connectivity index is 1.47. The number of rotatable bonds is 5. The number of H-pyrrole nitrogens is 1. The van der Waals surface area contributed by atoms with Crippen molar-refractivity contribution in [1.29, 1.82) is 0 Å². The minimum atomic E-state index is -0.115. The van der Waals surface area contributed by atoms with Gasteiger partial charge in [0.2, 0.25) is 6.79 Å². The minimum Gasteiger partial charge on any atom is -0.454 e. The molecule has 0 amide bonds. The van der Waals surface area contributed by atoms with Crippen LogP contribution in [0.4, 0.5) is 5.69 Å². The average Bonchev–Trinajstić information content (AvgIpc) is 3.29. The van der Waals surface area contributed by atoms with Crippen molar-refractivity contribution >= 4 is 33.9 Å². The standard InChI is InChI=1S/C28H27N3O3S/c1-17-4-7-22(8-5-17)29-28(35)31(14-20-6-9-25-26(12-20)34-16-33-25)15-21-13-23-19(3)10-18(2)11-24(23)30-27(21)32/h4-13H,14-16H2,1-3H3,(H,29,35)(H,30,32). The van der Waals surface area contributed by atoms with Crippen molar-refractivity contribution < 1.29 is 9.47 Å². The average molecular weight is 486 g/mol. The Morgan fingerprint density at radius 1 is 0.943 bits per heavy atom. The number of nitrogens with one attached hydrogen (secondary N) is 2. The lowest BCUT2D eigenvalue weighted by Crippen LogP contribution is -2.35. The molecule has 0 atom stereocenters. The summed E-state index contributed by atoms with van der Waals surface area (Å²) in [5.41, 5.74) is 6.70. The van der Waals surface area contributed by atoms with Crippen LogP contribution in [0.3, 0.4) is 0 Å². The van der Waals surface area contributed by atoms with E-state index in [-0.39, 0.29) is 12.4 Å². The number of aryl methyl sites for hydroxylation is 3. The number of nitrogens with zero attached hydrogens (tertiary/aromatic N) is 1. The Hall–Kier alpha value is -3.84. The number of thiocarbonyl (C=S) groups is 1. The van der Waals surface area contributed by atoms with Gasteiger partial charge in [-0.05, 0) is 86.1 Å². The van der Waals surface area contributed by atoms with Crippen molar-refractivity contribution in [3.05, 3.63) is 98.8 Å². The molecule has 2 heterocycles. The van der Waals surface area contributed by atoms with Crippen molar-refractivity contribution in [3.8, 4) is 11.5 Å². The van der Waals surface area contributed by atoms with Crippen LogP contribution in [0, 0.1) is 20.8 Å². The summed E-state index contributed by atoms with van der Waals surface area (Å²) in [7, 11) is 0. The van der Waals surface area contributed by atoms with Crippen molar-refractivity contribution in [1.82, 2.24) is 9.88 Å². The minimum absolute atomic E-state index is 0.115. The summed E-state index contributed by atoms with van der Waals surface area (Å²) in [6.45, 7) is 7.21. The molecular formula is C28H27N3O3S. The van der Waals surface area contributed by atoms with Gasteiger partial charge in [0.15, 0.2) is 16.6 Å². The van der Waals surface area contributed by atoms with Crippen LogP contribution in [0.25, 0.3) is 10.9 Å². The quantitative estimate of drug-likeness (QED) is 0.360. The summed E-state index contributed by atoms with van der Waals surface area (Å²) in [6.07, 6.45) is 0. The molecule has 6 nitrogen and oxygen atoms in total. The SMILES string of the molecule is Cc1ccc(NC(=S)N(Cc2ccc3c(c2)OCO3)Cc2cc3c(C)cc(C)cc3[nH]c2=O)cc1. The van der Waals surface area contributed by atoms with Crippen LogP contribution >= 0.6 is 12.2 Å². The van der Waals surface area contributed by atoms with Crippen LogP contribution in [0.15, 0.2) is 65.5 Å². The Bertz CT molecular complexity index is 1480. The third kappa shape index (κ3) is 5.00. The topological polar surface area (TPSA) is 66.6 Å². The smallest absolute Gasteiger partial charge is 0.253 e. The first kappa shape index (κ1) is 22.9. The number of aromatic nitrogens is 1. The van der Waals surface area contributed by atoms with Crippen LogP contribution in [0.5, 0.6) is 11.5 Å². The van der Waals surface area contributed by atoms with Gasteiger partial charge in [0, 0.05) is 28.7 Å². The van der Waals surface area contributed by atoms with Gasteiger partial charge in [-0.25, -0.2) is 0 Å². The molecule has 0 aliphatic carbocycles. The maximum Gasteiger partial charge on any atom is 0.253 e. The van der Waals surface area contributed by atoms with E-state index in [1.54, 1.807) is 0 Å². The fraction of sp³-hybridized carbons (Fsp3) is 0.214. The molecule has 7 heteroatoms. The zero-order chi connectivity index (χ0) is 24.5. The lowest BCUT2D eigenvalue weighted by atomic mass is 10.0. The Morgan fingerprint density at radius 3 is 2.51 bits per heavy atom. The summed E-state index contributed by atoms with van der Waals surface area (Å²) in [4.78, 5) is 18.1. The second-order valence-corrected chi connectivity index (χ2v) is 9.39. The van der Waals surface area contributed by atoms with Crippen molar-refractivity contribution in [2.45, 2.75) is 33.9 Å². The molecule has 178 valence electrons. The van der Waals surface area contributed by atoms with Gasteiger partial charge in [-0.2, -0.15) is 0 Å². The summed E-state index contributed by atoms with van der Waals surface area (Å²) in [5.74, 6) is 1.45. The monoisotopic (exact) mass is 485 g/mol. The van der Waals surface area contributed by atoms with Crippen molar-refractivity contribution in [2.24, 2.45) is 0 Å². The van der Waals surface area contributed by atoms with Crippen LogP contribution in [-0.4, -0.2) is 21.8 Å². The molecule has 2 N–H and O–H groups in total. The Kier molecular flexibility index (Phi) is 6.17. The predicted octanol–water partition coefficient (Wildman–Crippen LogP) is 5.58. The number of fused-ring (bicyclic) bond motifs is 2. The van der Waals surface area contributed by atoms with Crippen LogP contribution in [0.1, 0.15) is 27.8 Å². The normalized spacial score (nSPS) is 12.1. The van der Waals surface area contributed by atoms with Gasteiger partial charge in [-0.1, -0.05) is 29.8 Å². The number of pyridine rings is 1. The maximum absolute atomic E-state index is 13.0. The number of hydrogen-bond donors (Lipinski definition) is 2. The van der Waals surface area contributed by atoms with Gasteiger partial charge >= 0.3 is 0 Å². The first-order valence-corrected chi connectivity index (χ1v) is 11.9. The summed E-state index contributed by atoms with van der Waals surface area (Å²) < 4.78 is 11.0. The van der Waals surface area contributed by atoms with Crippen molar-refractivity contribution in [3.63, 3.8) is 0 Å². The van der Waals surface area contributed by atoms with Crippen LogP contribution < -0.4 is 20.3 Å². The molecule has 0 bridgehead atoms. The van der Waals surface area contributed by atoms with E-state index in [0.717, 1.165) is 44.8 Å². The molecule has 5 rings (SSSR count). The molecule has 0 unspecified atom stereocenters. The molecule has 4 aromatic rings. The molecule has 0 radical (unpaired) electrons. The molecule has 3 aromatic carbocycles.